The van der Waals surface area contributed by atoms with Crippen LogP contribution in [-0.2, 0) is 17.8 Å². The summed E-state index contributed by atoms with van der Waals surface area (Å²) in [6.07, 6.45) is 4.01. The first kappa shape index (κ1) is 16.3. The topological polar surface area (TPSA) is 46.4 Å². The molecule has 1 aromatic carbocycles. The van der Waals surface area contributed by atoms with Crippen molar-refractivity contribution in [2.45, 2.75) is 13.0 Å². The van der Waals surface area contributed by atoms with Gasteiger partial charge in [-0.2, -0.15) is 0 Å². The Kier molecular flexibility index (Phi) is 4.90. The Morgan fingerprint density at radius 1 is 1.22 bits per heavy atom. The smallest absolute Gasteiger partial charge is 0.224 e. The lowest BCUT2D eigenvalue weighted by atomic mass is 10.1. The van der Waals surface area contributed by atoms with Crippen LogP contribution in [0, 0.1) is 0 Å². The number of fused-ring (bicyclic) bond motifs is 1. The second-order valence-electron chi connectivity index (χ2n) is 5.03. The highest BCUT2D eigenvalue weighted by atomic mass is 79.9. The van der Waals surface area contributed by atoms with Crippen LogP contribution in [0.2, 0.25) is 10.0 Å². The van der Waals surface area contributed by atoms with Gasteiger partial charge in [0.1, 0.15) is 5.65 Å². The zero-order valence-corrected chi connectivity index (χ0v) is 15.0. The third-order valence-corrected chi connectivity index (χ3v) is 4.35. The van der Waals surface area contributed by atoms with Gasteiger partial charge in [-0.1, -0.05) is 29.3 Å². The summed E-state index contributed by atoms with van der Waals surface area (Å²) in [7, 11) is 0. The average molecular weight is 413 g/mol. The van der Waals surface area contributed by atoms with Gasteiger partial charge in [0.15, 0.2) is 0 Å². The number of benzene rings is 1. The minimum atomic E-state index is -0.118. The molecule has 0 bridgehead atoms. The van der Waals surface area contributed by atoms with E-state index in [2.05, 4.69) is 26.2 Å². The summed E-state index contributed by atoms with van der Waals surface area (Å²) in [4.78, 5) is 16.5. The zero-order valence-electron chi connectivity index (χ0n) is 11.9. The van der Waals surface area contributed by atoms with Crippen molar-refractivity contribution in [3.63, 3.8) is 0 Å². The highest BCUT2D eigenvalue weighted by Gasteiger charge is 2.09. The van der Waals surface area contributed by atoms with E-state index < -0.39 is 0 Å². The van der Waals surface area contributed by atoms with Crippen LogP contribution < -0.4 is 5.32 Å². The Balaban J connectivity index is 1.63. The fraction of sp³-hybridized carbons (Fsp3) is 0.125. The Hall–Kier alpha value is -1.56. The van der Waals surface area contributed by atoms with Crippen LogP contribution in [0.3, 0.4) is 0 Å². The maximum Gasteiger partial charge on any atom is 0.224 e. The zero-order chi connectivity index (χ0) is 16.4. The second-order valence-corrected chi connectivity index (χ2v) is 6.79. The lowest BCUT2D eigenvalue weighted by molar-refractivity contribution is -0.120. The van der Waals surface area contributed by atoms with Crippen molar-refractivity contribution in [1.29, 1.82) is 0 Å². The van der Waals surface area contributed by atoms with E-state index >= 15 is 0 Å². The third kappa shape index (κ3) is 4.05. The molecule has 2 heterocycles. The van der Waals surface area contributed by atoms with Crippen LogP contribution in [0.1, 0.15) is 11.3 Å². The summed E-state index contributed by atoms with van der Waals surface area (Å²) in [5, 5.41) is 3.89. The van der Waals surface area contributed by atoms with Crippen LogP contribution in [0.15, 0.2) is 47.2 Å². The van der Waals surface area contributed by atoms with Crippen molar-refractivity contribution in [3.8, 4) is 0 Å². The molecule has 3 aromatic rings. The van der Waals surface area contributed by atoms with Gasteiger partial charge in [-0.05, 0) is 45.8 Å². The molecule has 0 fully saturated rings. The molecule has 0 saturated heterocycles. The molecule has 0 aliphatic carbocycles. The van der Waals surface area contributed by atoms with E-state index in [0.717, 1.165) is 21.4 Å². The van der Waals surface area contributed by atoms with E-state index in [0.29, 0.717) is 16.6 Å². The first-order valence-corrected chi connectivity index (χ1v) is 8.40. The first-order chi connectivity index (χ1) is 11.0. The standard InChI is InChI=1S/C16H12BrCl2N3O/c17-11-2-4-15-21-13(9-22(15)8-11)7-20-16(23)5-10-1-3-12(18)6-14(10)19/h1-4,6,8-9H,5,7H2,(H,20,23). The molecule has 1 N–H and O–H groups in total. The highest BCUT2D eigenvalue weighted by Crippen LogP contribution is 2.21. The van der Waals surface area contributed by atoms with Gasteiger partial charge in [0.25, 0.3) is 0 Å². The Bertz CT molecular complexity index is 879. The fourth-order valence-corrected chi connectivity index (χ4v) is 3.02. The van der Waals surface area contributed by atoms with Crippen LogP contribution in [-0.4, -0.2) is 15.3 Å². The number of hydrogen-bond acceptors (Lipinski definition) is 2. The number of nitrogens with one attached hydrogen (secondary N) is 1. The summed E-state index contributed by atoms with van der Waals surface area (Å²) in [6, 6.07) is 8.94. The average Bonchev–Trinajstić information content (AvgIpc) is 2.90. The Labute approximate surface area is 151 Å². The number of pyridine rings is 1. The number of carbonyl (C=O) groups is 1. The van der Waals surface area contributed by atoms with Gasteiger partial charge in [-0.3, -0.25) is 4.79 Å². The molecule has 1 amide bonds. The van der Waals surface area contributed by atoms with E-state index in [1.54, 1.807) is 18.2 Å². The normalized spacial score (nSPS) is 10.9. The minimum Gasteiger partial charge on any atom is -0.350 e. The van der Waals surface area contributed by atoms with Gasteiger partial charge >= 0.3 is 0 Å². The third-order valence-electron chi connectivity index (χ3n) is 3.30. The molecule has 118 valence electrons. The molecule has 4 nitrogen and oxygen atoms in total. The predicted molar refractivity (Wildman–Crippen MR) is 94.9 cm³/mol. The van der Waals surface area contributed by atoms with Crippen molar-refractivity contribution < 1.29 is 4.79 Å². The van der Waals surface area contributed by atoms with Crippen LogP contribution in [0.5, 0.6) is 0 Å². The molecule has 3 rings (SSSR count). The molecular formula is C16H12BrCl2N3O. The van der Waals surface area contributed by atoms with Crippen LogP contribution >= 0.6 is 39.1 Å². The van der Waals surface area contributed by atoms with E-state index in [9.17, 15) is 4.79 Å². The monoisotopic (exact) mass is 411 g/mol. The molecule has 23 heavy (non-hydrogen) atoms. The minimum absolute atomic E-state index is 0.118. The molecule has 2 aromatic heterocycles. The summed E-state index contributed by atoms with van der Waals surface area (Å²) in [5.41, 5.74) is 2.37. The molecule has 0 unspecified atom stereocenters. The molecule has 7 heteroatoms. The van der Waals surface area contributed by atoms with E-state index in [-0.39, 0.29) is 12.3 Å². The first-order valence-electron chi connectivity index (χ1n) is 6.85. The number of aromatic nitrogens is 2. The number of imidazole rings is 1. The van der Waals surface area contributed by atoms with Crippen molar-refractivity contribution in [3.05, 3.63) is 68.5 Å². The molecule has 0 aliphatic heterocycles. The van der Waals surface area contributed by atoms with Crippen molar-refractivity contribution in [1.82, 2.24) is 14.7 Å². The van der Waals surface area contributed by atoms with E-state index in [1.165, 1.54) is 0 Å². The van der Waals surface area contributed by atoms with Gasteiger partial charge in [-0.15, -0.1) is 0 Å². The highest BCUT2D eigenvalue weighted by molar-refractivity contribution is 9.10. The molecule has 0 radical (unpaired) electrons. The van der Waals surface area contributed by atoms with Crippen molar-refractivity contribution >= 4 is 50.7 Å². The largest absolute Gasteiger partial charge is 0.350 e. The summed E-state index contributed by atoms with van der Waals surface area (Å²) >= 11 is 15.3. The molecular weight excluding hydrogens is 401 g/mol. The van der Waals surface area contributed by atoms with Gasteiger partial charge < -0.3 is 9.72 Å². The predicted octanol–water partition coefficient (Wildman–Crippen LogP) is 4.26. The number of amides is 1. The summed E-state index contributed by atoms with van der Waals surface area (Å²) in [6.45, 7) is 0.364. The maximum atomic E-state index is 12.0. The Morgan fingerprint density at radius 2 is 2.04 bits per heavy atom. The van der Waals surface area contributed by atoms with Gasteiger partial charge in [0, 0.05) is 26.9 Å². The second kappa shape index (κ2) is 6.91. The van der Waals surface area contributed by atoms with Crippen molar-refractivity contribution in [2.24, 2.45) is 0 Å². The maximum absolute atomic E-state index is 12.0. The quantitative estimate of drug-likeness (QED) is 0.695. The fourth-order valence-electron chi connectivity index (χ4n) is 2.19. The van der Waals surface area contributed by atoms with Crippen LogP contribution in [0.25, 0.3) is 5.65 Å². The number of hydrogen-bond donors (Lipinski definition) is 1. The lowest BCUT2D eigenvalue weighted by Gasteiger charge is -2.05. The van der Waals surface area contributed by atoms with E-state index in [1.807, 2.05) is 28.9 Å². The SMILES string of the molecule is O=C(Cc1ccc(Cl)cc1Cl)NCc1cn2cc(Br)ccc2n1. The lowest BCUT2D eigenvalue weighted by Crippen LogP contribution is -2.24. The molecule has 0 aliphatic rings. The molecule has 0 atom stereocenters. The van der Waals surface area contributed by atoms with Crippen LogP contribution in [0.4, 0.5) is 0 Å². The number of carbonyl (C=O) groups excluding carboxylic acids is 1. The summed E-state index contributed by atoms with van der Waals surface area (Å²) in [5.74, 6) is -0.118. The Morgan fingerprint density at radius 3 is 2.83 bits per heavy atom. The number of halogens is 3. The molecule has 0 spiro atoms. The van der Waals surface area contributed by atoms with E-state index in [4.69, 9.17) is 23.2 Å². The number of nitrogens with zero attached hydrogens (tertiary/aromatic N) is 2. The molecule has 0 saturated carbocycles. The van der Waals surface area contributed by atoms with Gasteiger partial charge in [0.2, 0.25) is 5.91 Å². The number of rotatable bonds is 4. The van der Waals surface area contributed by atoms with Gasteiger partial charge in [-0.25, -0.2) is 4.98 Å². The van der Waals surface area contributed by atoms with Crippen molar-refractivity contribution in [2.75, 3.05) is 0 Å². The van der Waals surface area contributed by atoms with Gasteiger partial charge in [0.05, 0.1) is 18.7 Å². The summed E-state index contributed by atoms with van der Waals surface area (Å²) < 4.78 is 2.87.